The third-order valence-corrected chi connectivity index (χ3v) is 6.17. The van der Waals surface area contributed by atoms with Gasteiger partial charge in [-0.25, -0.2) is 0 Å². The number of anilines is 2. The van der Waals surface area contributed by atoms with Crippen LogP contribution in [0.3, 0.4) is 0 Å². The van der Waals surface area contributed by atoms with Crippen molar-refractivity contribution >= 4 is 22.7 Å². The maximum Gasteiger partial charge on any atom is 0.305 e. The number of para-hydroxylation sites is 2. The second-order valence-electron chi connectivity index (χ2n) is 6.67. The molecule has 0 bridgehead atoms. The van der Waals surface area contributed by atoms with Crippen molar-refractivity contribution in [2.45, 2.75) is 43.9 Å². The molecule has 2 unspecified atom stereocenters. The first-order valence-electron chi connectivity index (χ1n) is 8.52. The summed E-state index contributed by atoms with van der Waals surface area (Å²) in [5, 5.41) is 0. The van der Waals surface area contributed by atoms with Gasteiger partial charge in [0.05, 0.1) is 6.04 Å². The van der Waals surface area contributed by atoms with Gasteiger partial charge in [0.25, 0.3) is 0 Å². The lowest BCUT2D eigenvalue weighted by Gasteiger charge is -2.34. The summed E-state index contributed by atoms with van der Waals surface area (Å²) in [5.41, 5.74) is 5.21. The SMILES string of the molecule is O=S1OC2[C@H](N3c4ccccc4CCc4ccccc43)CC[C@H]2O1. The van der Waals surface area contributed by atoms with Crippen molar-refractivity contribution in [2.75, 3.05) is 4.90 Å². The highest BCUT2D eigenvalue weighted by atomic mass is 32.2. The minimum Gasteiger partial charge on any atom is -0.335 e. The largest absolute Gasteiger partial charge is 0.335 e. The van der Waals surface area contributed by atoms with Gasteiger partial charge >= 0.3 is 11.4 Å². The number of fused-ring (bicyclic) bond motifs is 3. The summed E-state index contributed by atoms with van der Waals surface area (Å²) in [6.45, 7) is 0. The first-order chi connectivity index (χ1) is 11.8. The number of nitrogens with zero attached hydrogens (tertiary/aromatic N) is 1. The summed E-state index contributed by atoms with van der Waals surface area (Å²) in [4.78, 5) is 2.41. The number of aryl methyl sites for hydroxylation is 2. The number of hydrogen-bond donors (Lipinski definition) is 0. The van der Waals surface area contributed by atoms with Gasteiger partial charge in [-0.2, -0.15) is 4.21 Å². The summed E-state index contributed by atoms with van der Waals surface area (Å²) < 4.78 is 22.8. The van der Waals surface area contributed by atoms with E-state index in [1.54, 1.807) is 0 Å². The molecule has 1 aliphatic carbocycles. The number of rotatable bonds is 1. The van der Waals surface area contributed by atoms with Gasteiger partial charge in [-0.15, -0.1) is 0 Å². The Morgan fingerprint density at radius 3 is 2.17 bits per heavy atom. The van der Waals surface area contributed by atoms with Crippen LogP contribution >= 0.6 is 0 Å². The van der Waals surface area contributed by atoms with Crippen LogP contribution in [-0.4, -0.2) is 22.5 Å². The highest BCUT2D eigenvalue weighted by molar-refractivity contribution is 7.75. The van der Waals surface area contributed by atoms with E-state index in [1.807, 2.05) is 0 Å². The minimum atomic E-state index is -1.60. The Kier molecular flexibility index (Phi) is 3.47. The molecular formula is C19H19NO3S. The number of benzene rings is 2. The van der Waals surface area contributed by atoms with Crippen LogP contribution < -0.4 is 4.90 Å². The van der Waals surface area contributed by atoms with Crippen molar-refractivity contribution < 1.29 is 12.6 Å². The summed E-state index contributed by atoms with van der Waals surface area (Å²) in [7, 11) is 0. The smallest absolute Gasteiger partial charge is 0.305 e. The summed E-state index contributed by atoms with van der Waals surface area (Å²) in [6, 6.07) is 17.4. The molecule has 0 radical (unpaired) electrons. The van der Waals surface area contributed by atoms with Gasteiger partial charge in [-0.05, 0) is 48.9 Å². The molecular weight excluding hydrogens is 322 g/mol. The van der Waals surface area contributed by atoms with Gasteiger partial charge in [-0.3, -0.25) is 8.37 Å². The van der Waals surface area contributed by atoms with E-state index in [0.29, 0.717) is 0 Å². The quantitative estimate of drug-likeness (QED) is 0.796. The van der Waals surface area contributed by atoms with Crippen LogP contribution in [0.25, 0.3) is 0 Å². The second-order valence-corrected chi connectivity index (χ2v) is 7.46. The zero-order valence-electron chi connectivity index (χ0n) is 13.3. The third-order valence-electron chi connectivity index (χ3n) is 5.38. The van der Waals surface area contributed by atoms with Gasteiger partial charge in [-0.1, -0.05) is 36.4 Å². The first-order valence-corrected chi connectivity index (χ1v) is 9.52. The lowest BCUT2D eigenvalue weighted by Crippen LogP contribution is -2.40. The van der Waals surface area contributed by atoms with Crippen molar-refractivity contribution in [2.24, 2.45) is 0 Å². The molecule has 24 heavy (non-hydrogen) atoms. The average molecular weight is 341 g/mol. The van der Waals surface area contributed by atoms with E-state index in [-0.39, 0.29) is 18.2 Å². The Bertz CT molecular complexity index is 761. The molecule has 0 N–H and O–H groups in total. The van der Waals surface area contributed by atoms with E-state index in [9.17, 15) is 4.21 Å². The zero-order valence-corrected chi connectivity index (χ0v) is 14.1. The fraction of sp³-hybridized carbons (Fsp3) is 0.368. The van der Waals surface area contributed by atoms with Gasteiger partial charge in [0.15, 0.2) is 0 Å². The molecule has 5 heteroatoms. The van der Waals surface area contributed by atoms with Crippen LogP contribution in [-0.2, 0) is 32.6 Å². The van der Waals surface area contributed by atoms with Crippen molar-refractivity contribution in [1.82, 2.24) is 0 Å². The molecule has 3 aliphatic rings. The second kappa shape index (κ2) is 5.69. The maximum absolute atomic E-state index is 11.7. The molecule has 4 atom stereocenters. The van der Waals surface area contributed by atoms with Crippen molar-refractivity contribution in [3.63, 3.8) is 0 Å². The van der Waals surface area contributed by atoms with Crippen LogP contribution in [0.5, 0.6) is 0 Å². The van der Waals surface area contributed by atoms with Gasteiger partial charge in [0, 0.05) is 11.4 Å². The van der Waals surface area contributed by atoms with E-state index in [4.69, 9.17) is 8.37 Å². The molecule has 5 rings (SSSR count). The van der Waals surface area contributed by atoms with Gasteiger partial charge < -0.3 is 4.90 Å². The van der Waals surface area contributed by atoms with Gasteiger partial charge in [0.1, 0.15) is 12.2 Å². The van der Waals surface area contributed by atoms with Crippen molar-refractivity contribution in [1.29, 1.82) is 0 Å². The van der Waals surface area contributed by atoms with Crippen molar-refractivity contribution in [3.05, 3.63) is 59.7 Å². The Morgan fingerprint density at radius 2 is 1.50 bits per heavy atom. The Morgan fingerprint density at radius 1 is 0.875 bits per heavy atom. The predicted octanol–water partition coefficient (Wildman–Crippen LogP) is 3.45. The molecule has 2 heterocycles. The van der Waals surface area contributed by atoms with Crippen LogP contribution in [0.15, 0.2) is 48.5 Å². The molecule has 1 saturated heterocycles. The van der Waals surface area contributed by atoms with E-state index < -0.39 is 11.4 Å². The predicted molar refractivity (Wildman–Crippen MR) is 93.3 cm³/mol. The van der Waals surface area contributed by atoms with Crippen LogP contribution in [0.1, 0.15) is 24.0 Å². The third kappa shape index (κ3) is 2.23. The fourth-order valence-corrected chi connectivity index (χ4v) is 5.19. The summed E-state index contributed by atoms with van der Waals surface area (Å²) >= 11 is -1.60. The standard InChI is InChI=1S/C19H19NO3S/c21-24-22-18-12-11-17(19(18)23-24)20-15-7-3-1-5-13(15)9-10-14-6-2-4-8-16(14)20/h1-8,17-19H,9-12H2/t17-,18-,19?,24?/m1/s1. The monoisotopic (exact) mass is 341 g/mol. The Balaban J connectivity index is 1.65. The topological polar surface area (TPSA) is 38.8 Å². The maximum atomic E-state index is 11.7. The molecule has 2 aromatic rings. The van der Waals surface area contributed by atoms with Crippen LogP contribution in [0, 0.1) is 0 Å². The van der Waals surface area contributed by atoms with E-state index >= 15 is 0 Å². The van der Waals surface area contributed by atoms with Crippen LogP contribution in [0.2, 0.25) is 0 Å². The molecule has 2 aliphatic heterocycles. The van der Waals surface area contributed by atoms with Gasteiger partial charge in [0.2, 0.25) is 0 Å². The summed E-state index contributed by atoms with van der Waals surface area (Å²) in [5.74, 6) is 0. The highest BCUT2D eigenvalue weighted by Crippen LogP contribution is 2.44. The molecule has 4 nitrogen and oxygen atoms in total. The number of hydrogen-bond acceptors (Lipinski definition) is 4. The molecule has 0 spiro atoms. The molecule has 2 aromatic carbocycles. The Hall–Kier alpha value is -1.69. The van der Waals surface area contributed by atoms with E-state index in [1.165, 1.54) is 22.5 Å². The van der Waals surface area contributed by atoms with Crippen molar-refractivity contribution in [3.8, 4) is 0 Å². The van der Waals surface area contributed by atoms with Crippen LogP contribution in [0.4, 0.5) is 11.4 Å². The Labute approximate surface area is 144 Å². The minimum absolute atomic E-state index is 0.0570. The normalized spacial score (nSPS) is 31.2. The molecule has 2 fully saturated rings. The fourth-order valence-electron chi connectivity index (χ4n) is 4.30. The molecule has 0 aromatic heterocycles. The molecule has 0 amide bonds. The molecule has 1 saturated carbocycles. The zero-order chi connectivity index (χ0) is 16.1. The lowest BCUT2D eigenvalue weighted by atomic mass is 10.0. The van der Waals surface area contributed by atoms with E-state index in [0.717, 1.165) is 25.7 Å². The highest BCUT2D eigenvalue weighted by Gasteiger charge is 2.49. The summed E-state index contributed by atoms with van der Waals surface area (Å²) in [6.07, 6.45) is 3.75. The van der Waals surface area contributed by atoms with E-state index in [2.05, 4.69) is 53.4 Å². The average Bonchev–Trinajstić information content (AvgIpc) is 3.10. The lowest BCUT2D eigenvalue weighted by molar-refractivity contribution is 0.175. The first kappa shape index (κ1) is 14.6. The molecule has 124 valence electrons.